The van der Waals surface area contributed by atoms with Gasteiger partial charge in [-0.15, -0.1) is 0 Å². The molecule has 0 unspecified atom stereocenters. The first-order valence-electron chi connectivity index (χ1n) is 9.24. The Hall–Kier alpha value is -2.51. The van der Waals surface area contributed by atoms with E-state index in [2.05, 4.69) is 5.10 Å². The molecule has 144 valence electrons. The molecule has 0 radical (unpaired) electrons. The van der Waals surface area contributed by atoms with Gasteiger partial charge in [-0.1, -0.05) is 29.8 Å². The molecule has 2 aromatic rings. The van der Waals surface area contributed by atoms with Crippen LogP contribution in [0.15, 0.2) is 29.1 Å². The monoisotopic (exact) mass is 376 g/mol. The van der Waals surface area contributed by atoms with Gasteiger partial charge in [0.05, 0.1) is 19.6 Å². The lowest BCUT2D eigenvalue weighted by molar-refractivity contribution is -0.134. The van der Waals surface area contributed by atoms with Crippen molar-refractivity contribution in [1.29, 1.82) is 0 Å². The molecule has 0 N–H and O–H groups in total. The van der Waals surface area contributed by atoms with E-state index in [0.717, 1.165) is 11.1 Å². The van der Waals surface area contributed by atoms with E-state index in [1.54, 1.807) is 0 Å². The number of likely N-dealkylation sites (tertiary alicyclic amines) is 1. The van der Waals surface area contributed by atoms with Gasteiger partial charge < -0.3 is 4.90 Å². The summed E-state index contributed by atoms with van der Waals surface area (Å²) in [6, 6.07) is 7.09. The number of alkyl halides is 2. The summed E-state index contributed by atoms with van der Waals surface area (Å²) in [6.07, 6.45) is -1.51. The number of carbonyl (C=O) groups is 1. The lowest BCUT2D eigenvalue weighted by Crippen LogP contribution is -2.42. The number of hydrogen-bond donors (Lipinski definition) is 0. The van der Waals surface area contributed by atoms with Gasteiger partial charge >= 0.3 is 5.69 Å². The van der Waals surface area contributed by atoms with Crippen LogP contribution in [0.1, 0.15) is 35.8 Å². The third kappa shape index (κ3) is 3.28. The molecule has 1 aromatic carbocycles. The first-order chi connectivity index (χ1) is 12.9. The van der Waals surface area contributed by atoms with Gasteiger partial charge in [0.1, 0.15) is 11.9 Å². The van der Waals surface area contributed by atoms with Crippen molar-refractivity contribution in [1.82, 2.24) is 19.2 Å². The predicted molar refractivity (Wildman–Crippen MR) is 95.1 cm³/mol. The Kier molecular flexibility index (Phi) is 4.57. The number of benzene rings is 1. The maximum Gasteiger partial charge on any atom is 0.346 e. The molecule has 1 saturated heterocycles. The number of aromatic nitrogens is 3. The van der Waals surface area contributed by atoms with Crippen LogP contribution in [0.2, 0.25) is 0 Å². The Morgan fingerprint density at radius 2 is 1.85 bits per heavy atom. The SMILES string of the molecule is Cc1ccc(Cn2nc3n(c2=O)[C@H](C(=O)N2C[C@H](F)[C@@H](F)C2)CCC3)cc1. The predicted octanol–water partition coefficient (Wildman–Crippen LogP) is 1.80. The number of aryl methyl sites for hydroxylation is 2. The zero-order valence-corrected chi connectivity index (χ0v) is 15.1. The molecule has 2 aliphatic rings. The molecule has 27 heavy (non-hydrogen) atoms. The Bertz CT molecular complexity index is 895. The molecule has 3 heterocycles. The van der Waals surface area contributed by atoms with Crippen LogP contribution < -0.4 is 5.69 Å². The molecule has 1 fully saturated rings. The third-order valence-electron chi connectivity index (χ3n) is 5.36. The van der Waals surface area contributed by atoms with Gasteiger partial charge in [0.25, 0.3) is 0 Å². The average Bonchev–Trinajstić information content (AvgIpc) is 3.16. The van der Waals surface area contributed by atoms with Crippen molar-refractivity contribution < 1.29 is 13.6 Å². The highest BCUT2D eigenvalue weighted by atomic mass is 19.2. The molecule has 3 atom stereocenters. The highest BCUT2D eigenvalue weighted by Gasteiger charge is 2.40. The zero-order chi connectivity index (χ0) is 19.1. The second-order valence-electron chi connectivity index (χ2n) is 7.40. The Balaban J connectivity index is 1.61. The number of carbonyl (C=O) groups excluding carboxylic acids is 1. The van der Waals surface area contributed by atoms with Crippen molar-refractivity contribution in [2.45, 2.75) is 51.1 Å². The number of halogens is 2. The van der Waals surface area contributed by atoms with E-state index in [-0.39, 0.29) is 18.8 Å². The smallest absolute Gasteiger partial charge is 0.335 e. The van der Waals surface area contributed by atoms with Gasteiger partial charge in [0.2, 0.25) is 5.91 Å². The third-order valence-corrected chi connectivity index (χ3v) is 5.36. The van der Waals surface area contributed by atoms with Crippen LogP contribution in [0.25, 0.3) is 0 Å². The van der Waals surface area contributed by atoms with Crippen LogP contribution in [0.4, 0.5) is 8.78 Å². The first-order valence-corrected chi connectivity index (χ1v) is 9.24. The molecule has 1 amide bonds. The molecule has 2 aliphatic heterocycles. The van der Waals surface area contributed by atoms with E-state index in [1.807, 2.05) is 31.2 Å². The largest absolute Gasteiger partial charge is 0.346 e. The zero-order valence-electron chi connectivity index (χ0n) is 15.1. The standard InChI is InChI=1S/C19H22F2N4O2/c1-12-5-7-13(8-6-12)9-24-19(27)25-16(3-2-4-17(25)22-24)18(26)23-10-14(20)15(21)11-23/h5-8,14-16H,2-4,9-11H2,1H3/t14-,15-,16-/m0/s1. The summed E-state index contributed by atoms with van der Waals surface area (Å²) in [5.74, 6) is 0.167. The Morgan fingerprint density at radius 1 is 1.19 bits per heavy atom. The van der Waals surface area contributed by atoms with Crippen LogP contribution in [0.5, 0.6) is 0 Å². The molecule has 0 bridgehead atoms. The quantitative estimate of drug-likeness (QED) is 0.821. The van der Waals surface area contributed by atoms with E-state index >= 15 is 0 Å². The van der Waals surface area contributed by atoms with E-state index in [1.165, 1.54) is 14.1 Å². The van der Waals surface area contributed by atoms with Crippen molar-refractivity contribution in [3.8, 4) is 0 Å². The molecule has 1 aromatic heterocycles. The van der Waals surface area contributed by atoms with Crippen LogP contribution in [-0.4, -0.2) is 50.6 Å². The second-order valence-corrected chi connectivity index (χ2v) is 7.40. The minimum atomic E-state index is -1.65. The fourth-order valence-electron chi connectivity index (χ4n) is 3.85. The summed E-state index contributed by atoms with van der Waals surface area (Å²) in [5, 5.41) is 4.41. The summed E-state index contributed by atoms with van der Waals surface area (Å²) in [7, 11) is 0. The van der Waals surface area contributed by atoms with E-state index in [9.17, 15) is 18.4 Å². The molecule has 0 aliphatic carbocycles. The number of nitrogens with zero attached hydrogens (tertiary/aromatic N) is 4. The number of fused-ring (bicyclic) bond motifs is 1. The molecule has 6 nitrogen and oxygen atoms in total. The first kappa shape index (κ1) is 17.9. The summed E-state index contributed by atoms with van der Waals surface area (Å²) < 4.78 is 29.8. The van der Waals surface area contributed by atoms with Crippen LogP contribution >= 0.6 is 0 Å². The summed E-state index contributed by atoms with van der Waals surface area (Å²) in [6.45, 7) is 1.81. The fourth-order valence-corrected chi connectivity index (χ4v) is 3.85. The van der Waals surface area contributed by atoms with E-state index in [0.29, 0.717) is 31.6 Å². The summed E-state index contributed by atoms with van der Waals surface area (Å²) in [4.78, 5) is 26.9. The van der Waals surface area contributed by atoms with E-state index in [4.69, 9.17) is 0 Å². The fraction of sp³-hybridized carbons (Fsp3) is 0.526. The number of rotatable bonds is 3. The van der Waals surface area contributed by atoms with Crippen molar-refractivity contribution in [2.24, 2.45) is 0 Å². The highest BCUT2D eigenvalue weighted by molar-refractivity contribution is 5.81. The Morgan fingerprint density at radius 3 is 2.52 bits per heavy atom. The van der Waals surface area contributed by atoms with Gasteiger partial charge in [-0.05, 0) is 25.3 Å². The van der Waals surface area contributed by atoms with Crippen LogP contribution in [0.3, 0.4) is 0 Å². The van der Waals surface area contributed by atoms with Gasteiger partial charge in [-0.2, -0.15) is 5.10 Å². The molecular weight excluding hydrogens is 354 g/mol. The minimum Gasteiger partial charge on any atom is -0.335 e. The van der Waals surface area contributed by atoms with Gasteiger partial charge in [0, 0.05) is 6.42 Å². The lowest BCUT2D eigenvalue weighted by atomic mass is 10.0. The van der Waals surface area contributed by atoms with Crippen molar-refractivity contribution in [2.75, 3.05) is 13.1 Å². The molecular formula is C19H22F2N4O2. The van der Waals surface area contributed by atoms with Crippen molar-refractivity contribution in [3.63, 3.8) is 0 Å². The summed E-state index contributed by atoms with van der Waals surface area (Å²) >= 11 is 0. The lowest BCUT2D eigenvalue weighted by Gasteiger charge is -2.26. The molecule has 4 rings (SSSR count). The molecule has 0 spiro atoms. The summed E-state index contributed by atoms with van der Waals surface area (Å²) in [5.41, 5.74) is 1.72. The van der Waals surface area contributed by atoms with Crippen molar-refractivity contribution >= 4 is 5.91 Å². The van der Waals surface area contributed by atoms with Crippen LogP contribution in [-0.2, 0) is 17.8 Å². The van der Waals surface area contributed by atoms with Crippen molar-refractivity contribution in [3.05, 3.63) is 51.7 Å². The second kappa shape index (κ2) is 6.90. The minimum absolute atomic E-state index is 0.252. The molecule has 8 heteroatoms. The topological polar surface area (TPSA) is 60.1 Å². The highest BCUT2D eigenvalue weighted by Crippen LogP contribution is 2.27. The average molecular weight is 376 g/mol. The molecule has 0 saturated carbocycles. The number of hydrogen-bond acceptors (Lipinski definition) is 3. The van der Waals surface area contributed by atoms with Gasteiger partial charge in [0.15, 0.2) is 12.3 Å². The van der Waals surface area contributed by atoms with Gasteiger partial charge in [-0.3, -0.25) is 9.36 Å². The van der Waals surface area contributed by atoms with E-state index < -0.39 is 24.3 Å². The normalized spacial score (nSPS) is 24.9. The van der Waals surface area contributed by atoms with Crippen LogP contribution in [0, 0.1) is 6.92 Å². The Labute approximate surface area is 155 Å². The number of amides is 1. The maximum absolute atomic E-state index is 13.5. The maximum atomic E-state index is 13.5. The van der Waals surface area contributed by atoms with Gasteiger partial charge in [-0.25, -0.2) is 18.3 Å².